The lowest BCUT2D eigenvalue weighted by Crippen LogP contribution is -2.06. The molecule has 0 atom stereocenters. The summed E-state index contributed by atoms with van der Waals surface area (Å²) in [6.45, 7) is 5.19. The Balaban J connectivity index is 1.98. The van der Waals surface area contributed by atoms with E-state index in [9.17, 15) is 0 Å². The molecule has 0 fully saturated rings. The molecule has 0 aliphatic carbocycles. The number of thiophene rings is 1. The fourth-order valence-electron chi connectivity index (χ4n) is 2.23. The van der Waals surface area contributed by atoms with Gasteiger partial charge in [0, 0.05) is 30.2 Å². The van der Waals surface area contributed by atoms with E-state index in [4.69, 9.17) is 9.97 Å². The summed E-state index contributed by atoms with van der Waals surface area (Å²) in [7, 11) is 0. The summed E-state index contributed by atoms with van der Waals surface area (Å²) in [4.78, 5) is 15.8. The molecule has 3 rings (SSSR count). The van der Waals surface area contributed by atoms with E-state index in [-0.39, 0.29) is 0 Å². The van der Waals surface area contributed by atoms with Crippen molar-refractivity contribution in [3.8, 4) is 0 Å². The predicted octanol–water partition coefficient (Wildman–Crippen LogP) is 3.81. The van der Waals surface area contributed by atoms with Gasteiger partial charge in [-0.15, -0.1) is 11.3 Å². The number of anilines is 1. The molecule has 108 valence electrons. The Bertz CT molecular complexity index is 737. The monoisotopic (exact) mass is 298 g/mol. The molecule has 3 aromatic rings. The van der Waals surface area contributed by atoms with Crippen LogP contribution in [-0.4, -0.2) is 21.5 Å². The van der Waals surface area contributed by atoms with Crippen molar-refractivity contribution in [1.29, 1.82) is 0 Å². The summed E-state index contributed by atoms with van der Waals surface area (Å²) < 4.78 is 0. The van der Waals surface area contributed by atoms with Crippen molar-refractivity contribution in [1.82, 2.24) is 15.0 Å². The van der Waals surface area contributed by atoms with E-state index >= 15 is 0 Å². The van der Waals surface area contributed by atoms with Crippen molar-refractivity contribution >= 4 is 27.4 Å². The number of nitrogens with one attached hydrogen (secondary N) is 1. The first-order valence-corrected chi connectivity index (χ1v) is 7.97. The Morgan fingerprint density at radius 2 is 2.00 bits per heavy atom. The molecule has 0 amide bonds. The van der Waals surface area contributed by atoms with Crippen LogP contribution in [0.5, 0.6) is 0 Å². The highest BCUT2D eigenvalue weighted by Gasteiger charge is 2.10. The maximum Gasteiger partial charge on any atom is 0.138 e. The van der Waals surface area contributed by atoms with Crippen LogP contribution in [0.15, 0.2) is 30.6 Å². The Kier molecular flexibility index (Phi) is 4.10. The molecule has 3 aromatic heterocycles. The molecule has 3 heterocycles. The maximum atomic E-state index is 4.71. The molecule has 0 saturated carbocycles. The molecular formula is C16H18N4S. The van der Waals surface area contributed by atoms with E-state index in [2.05, 4.69) is 30.2 Å². The van der Waals surface area contributed by atoms with Gasteiger partial charge in [-0.1, -0.05) is 6.92 Å². The topological polar surface area (TPSA) is 50.7 Å². The van der Waals surface area contributed by atoms with Crippen molar-refractivity contribution in [3.05, 3.63) is 46.9 Å². The first-order valence-electron chi connectivity index (χ1n) is 7.16. The number of pyridine rings is 1. The van der Waals surface area contributed by atoms with Crippen molar-refractivity contribution in [3.63, 3.8) is 0 Å². The highest BCUT2D eigenvalue weighted by atomic mass is 32.1. The van der Waals surface area contributed by atoms with E-state index in [1.165, 1.54) is 10.4 Å². The zero-order chi connectivity index (χ0) is 14.7. The summed E-state index contributed by atoms with van der Waals surface area (Å²) in [6.07, 6.45) is 5.42. The van der Waals surface area contributed by atoms with E-state index in [0.717, 1.165) is 41.2 Å². The maximum absolute atomic E-state index is 4.71. The Morgan fingerprint density at radius 1 is 1.19 bits per heavy atom. The summed E-state index contributed by atoms with van der Waals surface area (Å²) in [5.74, 6) is 1.81. The fourth-order valence-corrected chi connectivity index (χ4v) is 3.12. The van der Waals surface area contributed by atoms with Gasteiger partial charge in [-0.2, -0.15) is 0 Å². The number of hydrogen-bond donors (Lipinski definition) is 1. The third-order valence-electron chi connectivity index (χ3n) is 3.22. The molecule has 0 spiro atoms. The zero-order valence-corrected chi connectivity index (χ0v) is 13.1. The van der Waals surface area contributed by atoms with E-state index < -0.39 is 0 Å². The first kappa shape index (κ1) is 13.9. The van der Waals surface area contributed by atoms with Crippen LogP contribution in [0.2, 0.25) is 0 Å². The van der Waals surface area contributed by atoms with Gasteiger partial charge in [0.25, 0.3) is 0 Å². The molecule has 0 aliphatic heterocycles. The molecular weight excluding hydrogens is 280 g/mol. The smallest absolute Gasteiger partial charge is 0.138 e. The third kappa shape index (κ3) is 3.19. The highest BCUT2D eigenvalue weighted by molar-refractivity contribution is 7.18. The van der Waals surface area contributed by atoms with Crippen molar-refractivity contribution in [2.75, 3.05) is 11.9 Å². The van der Waals surface area contributed by atoms with Crippen LogP contribution in [0, 0.1) is 6.92 Å². The summed E-state index contributed by atoms with van der Waals surface area (Å²) in [5, 5.41) is 4.55. The first-order chi connectivity index (χ1) is 10.3. The van der Waals surface area contributed by atoms with Gasteiger partial charge in [0.1, 0.15) is 16.5 Å². The average molecular weight is 298 g/mol. The second kappa shape index (κ2) is 6.18. The summed E-state index contributed by atoms with van der Waals surface area (Å²) in [6, 6.07) is 6.17. The van der Waals surface area contributed by atoms with Gasteiger partial charge in [0.15, 0.2) is 0 Å². The molecule has 0 saturated heterocycles. The van der Waals surface area contributed by atoms with Crippen LogP contribution < -0.4 is 5.32 Å². The molecule has 21 heavy (non-hydrogen) atoms. The number of aryl methyl sites for hydroxylation is 1. The van der Waals surface area contributed by atoms with Crippen molar-refractivity contribution in [2.24, 2.45) is 0 Å². The number of hydrogen-bond acceptors (Lipinski definition) is 5. The van der Waals surface area contributed by atoms with Gasteiger partial charge in [0.05, 0.1) is 5.39 Å². The average Bonchev–Trinajstić information content (AvgIpc) is 2.86. The van der Waals surface area contributed by atoms with E-state index in [1.807, 2.05) is 12.1 Å². The van der Waals surface area contributed by atoms with Crippen LogP contribution in [-0.2, 0) is 6.42 Å². The fraction of sp³-hybridized carbons (Fsp3) is 0.312. The zero-order valence-electron chi connectivity index (χ0n) is 12.3. The molecule has 0 bridgehead atoms. The second-order valence-corrected chi connectivity index (χ2v) is 6.26. The van der Waals surface area contributed by atoms with Crippen molar-refractivity contribution in [2.45, 2.75) is 26.7 Å². The Hall–Kier alpha value is -2.01. The normalized spacial score (nSPS) is 11.0. The molecule has 1 N–H and O–H groups in total. The van der Waals surface area contributed by atoms with Crippen LogP contribution in [0.3, 0.4) is 0 Å². The van der Waals surface area contributed by atoms with Gasteiger partial charge in [-0.3, -0.25) is 4.98 Å². The van der Waals surface area contributed by atoms with Gasteiger partial charge in [0.2, 0.25) is 0 Å². The minimum Gasteiger partial charge on any atom is -0.369 e. The molecule has 5 heteroatoms. The van der Waals surface area contributed by atoms with Crippen LogP contribution in [0.4, 0.5) is 5.82 Å². The lowest BCUT2D eigenvalue weighted by atomic mass is 10.2. The van der Waals surface area contributed by atoms with Crippen LogP contribution in [0.25, 0.3) is 10.2 Å². The third-order valence-corrected chi connectivity index (χ3v) is 4.16. The molecule has 0 aromatic carbocycles. The van der Waals surface area contributed by atoms with Crippen molar-refractivity contribution < 1.29 is 0 Å². The number of nitrogens with zero attached hydrogens (tertiary/aromatic N) is 3. The lowest BCUT2D eigenvalue weighted by Gasteiger charge is -2.08. The molecule has 4 nitrogen and oxygen atoms in total. The Morgan fingerprint density at radius 3 is 2.76 bits per heavy atom. The minimum absolute atomic E-state index is 0.732. The second-order valence-electron chi connectivity index (χ2n) is 5.02. The molecule has 0 aliphatic rings. The quantitative estimate of drug-likeness (QED) is 0.778. The van der Waals surface area contributed by atoms with Crippen LogP contribution >= 0.6 is 11.3 Å². The lowest BCUT2D eigenvalue weighted by molar-refractivity contribution is 0.947. The van der Waals surface area contributed by atoms with E-state index in [1.54, 1.807) is 23.7 Å². The standard InChI is InChI=1S/C16H18N4S/c1-3-6-18-15-13-9-11(2)21-16(13)20-14(19-15)10-12-4-7-17-8-5-12/h4-5,7-9H,3,6,10H2,1-2H3,(H,18,19,20). The Labute approximate surface area is 128 Å². The highest BCUT2D eigenvalue weighted by Crippen LogP contribution is 2.28. The predicted molar refractivity (Wildman–Crippen MR) is 88.0 cm³/mol. The van der Waals surface area contributed by atoms with Gasteiger partial charge in [-0.25, -0.2) is 9.97 Å². The van der Waals surface area contributed by atoms with E-state index in [0.29, 0.717) is 0 Å². The van der Waals surface area contributed by atoms with Gasteiger partial charge < -0.3 is 5.32 Å². The largest absolute Gasteiger partial charge is 0.369 e. The molecule has 0 radical (unpaired) electrons. The summed E-state index contributed by atoms with van der Waals surface area (Å²) >= 11 is 1.72. The number of fused-ring (bicyclic) bond motifs is 1. The summed E-state index contributed by atoms with van der Waals surface area (Å²) in [5.41, 5.74) is 1.18. The van der Waals surface area contributed by atoms with Crippen LogP contribution in [0.1, 0.15) is 29.6 Å². The SMILES string of the molecule is CCCNc1nc(Cc2ccncc2)nc2sc(C)cc12. The van der Waals surface area contributed by atoms with Gasteiger partial charge in [-0.05, 0) is 37.1 Å². The van der Waals surface area contributed by atoms with Gasteiger partial charge >= 0.3 is 0 Å². The molecule has 0 unspecified atom stereocenters. The number of rotatable bonds is 5. The number of aromatic nitrogens is 3. The minimum atomic E-state index is 0.732.